The van der Waals surface area contributed by atoms with Crippen molar-refractivity contribution in [1.82, 2.24) is 19.4 Å². The molecule has 1 atom stereocenters. The Morgan fingerprint density at radius 1 is 1.35 bits per heavy atom. The molecule has 0 saturated carbocycles. The SMILES string of the molecule is O=C(c1cnns1)N1CCC(N2CCCC2)C1. The van der Waals surface area contributed by atoms with Crippen LogP contribution in [0.3, 0.4) is 0 Å². The molecular weight excluding hydrogens is 236 g/mol. The molecule has 0 aliphatic carbocycles. The summed E-state index contributed by atoms with van der Waals surface area (Å²) in [6.45, 7) is 4.15. The maximum atomic E-state index is 12.1. The van der Waals surface area contributed by atoms with Crippen molar-refractivity contribution >= 4 is 17.4 Å². The second-order valence-corrected chi connectivity index (χ2v) is 5.50. The van der Waals surface area contributed by atoms with Crippen LogP contribution < -0.4 is 0 Å². The Kier molecular flexibility index (Phi) is 3.07. The molecule has 1 unspecified atom stereocenters. The van der Waals surface area contributed by atoms with Crippen molar-refractivity contribution in [3.63, 3.8) is 0 Å². The fraction of sp³-hybridized carbons (Fsp3) is 0.727. The highest BCUT2D eigenvalue weighted by atomic mass is 32.1. The lowest BCUT2D eigenvalue weighted by molar-refractivity contribution is 0.0784. The monoisotopic (exact) mass is 252 g/mol. The van der Waals surface area contributed by atoms with Gasteiger partial charge in [-0.1, -0.05) is 4.49 Å². The first-order valence-electron chi connectivity index (χ1n) is 6.15. The first-order chi connectivity index (χ1) is 8.34. The molecule has 92 valence electrons. The third kappa shape index (κ3) is 2.19. The van der Waals surface area contributed by atoms with Crippen molar-refractivity contribution in [3.8, 4) is 0 Å². The quantitative estimate of drug-likeness (QED) is 0.783. The van der Waals surface area contributed by atoms with E-state index >= 15 is 0 Å². The van der Waals surface area contributed by atoms with E-state index in [1.54, 1.807) is 6.20 Å². The number of hydrogen-bond donors (Lipinski definition) is 0. The molecule has 6 heteroatoms. The molecule has 2 fully saturated rings. The molecule has 2 aliphatic rings. The van der Waals surface area contributed by atoms with E-state index in [2.05, 4.69) is 14.5 Å². The van der Waals surface area contributed by atoms with E-state index in [1.807, 2.05) is 4.90 Å². The topological polar surface area (TPSA) is 49.3 Å². The second kappa shape index (κ2) is 4.70. The zero-order valence-electron chi connectivity index (χ0n) is 9.71. The van der Waals surface area contributed by atoms with Gasteiger partial charge >= 0.3 is 0 Å². The molecule has 0 radical (unpaired) electrons. The van der Waals surface area contributed by atoms with E-state index in [0.29, 0.717) is 10.9 Å². The van der Waals surface area contributed by atoms with Gasteiger partial charge in [0.25, 0.3) is 5.91 Å². The highest BCUT2D eigenvalue weighted by molar-refractivity contribution is 7.07. The molecule has 0 spiro atoms. The van der Waals surface area contributed by atoms with Gasteiger partial charge in [0.2, 0.25) is 0 Å². The Balaban J connectivity index is 1.62. The van der Waals surface area contributed by atoms with Crippen LogP contribution in [0.4, 0.5) is 0 Å². The van der Waals surface area contributed by atoms with E-state index in [1.165, 1.54) is 37.5 Å². The third-order valence-corrected chi connectivity index (χ3v) is 4.33. The van der Waals surface area contributed by atoms with Crippen molar-refractivity contribution < 1.29 is 4.79 Å². The van der Waals surface area contributed by atoms with Gasteiger partial charge in [0.05, 0.1) is 6.20 Å². The van der Waals surface area contributed by atoms with Gasteiger partial charge in [-0.05, 0) is 43.9 Å². The van der Waals surface area contributed by atoms with Crippen LogP contribution >= 0.6 is 11.5 Å². The van der Waals surface area contributed by atoms with Crippen molar-refractivity contribution in [2.24, 2.45) is 0 Å². The Morgan fingerprint density at radius 3 is 2.88 bits per heavy atom. The summed E-state index contributed by atoms with van der Waals surface area (Å²) in [5.74, 6) is 0.0988. The van der Waals surface area contributed by atoms with Crippen molar-refractivity contribution in [1.29, 1.82) is 0 Å². The number of aromatic nitrogens is 2. The molecule has 5 nitrogen and oxygen atoms in total. The van der Waals surface area contributed by atoms with E-state index < -0.39 is 0 Å². The minimum absolute atomic E-state index is 0.0988. The highest BCUT2D eigenvalue weighted by Gasteiger charge is 2.32. The van der Waals surface area contributed by atoms with Gasteiger partial charge in [-0.3, -0.25) is 9.69 Å². The molecule has 1 aromatic rings. The summed E-state index contributed by atoms with van der Waals surface area (Å²) in [5, 5.41) is 3.72. The van der Waals surface area contributed by atoms with Gasteiger partial charge in [0.1, 0.15) is 4.88 Å². The number of hydrogen-bond acceptors (Lipinski definition) is 5. The van der Waals surface area contributed by atoms with Crippen LogP contribution in [0.2, 0.25) is 0 Å². The zero-order valence-corrected chi connectivity index (χ0v) is 10.5. The molecule has 0 N–H and O–H groups in total. The summed E-state index contributed by atoms with van der Waals surface area (Å²) >= 11 is 1.19. The fourth-order valence-corrected chi connectivity index (χ4v) is 3.23. The first kappa shape index (κ1) is 11.1. The Hall–Kier alpha value is -1.01. The Labute approximate surface area is 105 Å². The molecule has 2 saturated heterocycles. The summed E-state index contributed by atoms with van der Waals surface area (Å²) < 4.78 is 3.74. The summed E-state index contributed by atoms with van der Waals surface area (Å²) in [7, 11) is 0. The molecule has 2 aliphatic heterocycles. The third-order valence-electron chi connectivity index (χ3n) is 3.68. The lowest BCUT2D eigenvalue weighted by Crippen LogP contribution is -2.36. The second-order valence-electron chi connectivity index (χ2n) is 4.72. The average Bonchev–Trinajstić information content (AvgIpc) is 3.09. The van der Waals surface area contributed by atoms with Crippen molar-refractivity contribution in [2.45, 2.75) is 25.3 Å². The number of carbonyl (C=O) groups excluding carboxylic acids is 1. The summed E-state index contributed by atoms with van der Waals surface area (Å²) in [5.41, 5.74) is 0. The van der Waals surface area contributed by atoms with E-state index in [-0.39, 0.29) is 5.91 Å². The van der Waals surface area contributed by atoms with Gasteiger partial charge in [-0.2, -0.15) is 0 Å². The van der Waals surface area contributed by atoms with Crippen molar-refractivity contribution in [2.75, 3.05) is 26.2 Å². The highest BCUT2D eigenvalue weighted by Crippen LogP contribution is 2.22. The fourth-order valence-electron chi connectivity index (χ4n) is 2.75. The zero-order chi connectivity index (χ0) is 11.7. The van der Waals surface area contributed by atoms with Crippen LogP contribution in [0.1, 0.15) is 28.9 Å². The number of amides is 1. The molecule has 3 heterocycles. The van der Waals surface area contributed by atoms with E-state index in [4.69, 9.17) is 0 Å². The van der Waals surface area contributed by atoms with Gasteiger partial charge < -0.3 is 4.90 Å². The minimum atomic E-state index is 0.0988. The maximum absolute atomic E-state index is 12.1. The summed E-state index contributed by atoms with van der Waals surface area (Å²) in [4.78, 5) is 17.2. The minimum Gasteiger partial charge on any atom is -0.336 e. The molecule has 1 aromatic heterocycles. The Bertz CT molecular complexity index is 388. The molecule has 17 heavy (non-hydrogen) atoms. The van der Waals surface area contributed by atoms with Gasteiger partial charge in [-0.25, -0.2) is 0 Å². The lowest BCUT2D eigenvalue weighted by Gasteiger charge is -2.23. The van der Waals surface area contributed by atoms with Crippen LogP contribution in [-0.4, -0.2) is 57.5 Å². The largest absolute Gasteiger partial charge is 0.336 e. The number of rotatable bonds is 2. The molecule has 0 bridgehead atoms. The van der Waals surface area contributed by atoms with E-state index in [0.717, 1.165) is 19.5 Å². The number of carbonyl (C=O) groups is 1. The Morgan fingerprint density at radius 2 is 2.18 bits per heavy atom. The maximum Gasteiger partial charge on any atom is 0.267 e. The average molecular weight is 252 g/mol. The molecule has 1 amide bonds. The van der Waals surface area contributed by atoms with Gasteiger partial charge in [0.15, 0.2) is 0 Å². The van der Waals surface area contributed by atoms with Crippen LogP contribution in [-0.2, 0) is 0 Å². The molecular formula is C11H16N4OS. The molecule has 0 aromatic carbocycles. The lowest BCUT2D eigenvalue weighted by atomic mass is 10.2. The van der Waals surface area contributed by atoms with Crippen LogP contribution in [0.25, 0.3) is 0 Å². The molecule has 3 rings (SSSR count). The number of likely N-dealkylation sites (tertiary alicyclic amines) is 2. The smallest absolute Gasteiger partial charge is 0.267 e. The predicted molar refractivity (Wildman–Crippen MR) is 65.0 cm³/mol. The predicted octanol–water partition coefficient (Wildman–Crippen LogP) is 0.848. The van der Waals surface area contributed by atoms with Gasteiger partial charge in [-0.15, -0.1) is 5.10 Å². The summed E-state index contributed by atoms with van der Waals surface area (Å²) in [6.07, 6.45) is 5.29. The number of nitrogens with zero attached hydrogens (tertiary/aromatic N) is 4. The van der Waals surface area contributed by atoms with Crippen molar-refractivity contribution in [3.05, 3.63) is 11.1 Å². The normalized spacial score (nSPS) is 25.6. The van der Waals surface area contributed by atoms with Crippen LogP contribution in [0, 0.1) is 0 Å². The first-order valence-corrected chi connectivity index (χ1v) is 6.92. The van der Waals surface area contributed by atoms with E-state index in [9.17, 15) is 4.79 Å². The summed E-state index contributed by atoms with van der Waals surface area (Å²) in [6, 6.07) is 0.572. The van der Waals surface area contributed by atoms with Crippen LogP contribution in [0.5, 0.6) is 0 Å². The van der Waals surface area contributed by atoms with Crippen LogP contribution in [0.15, 0.2) is 6.20 Å². The standard InChI is InChI=1S/C11H16N4OS/c16-11(10-7-12-13-17-10)15-6-3-9(8-15)14-4-1-2-5-14/h7,9H,1-6,8H2. The van der Waals surface area contributed by atoms with Gasteiger partial charge in [0, 0.05) is 19.1 Å².